The van der Waals surface area contributed by atoms with Crippen LogP contribution in [0.5, 0.6) is 0 Å². The second kappa shape index (κ2) is 9.73. The number of benzene rings is 1. The summed E-state index contributed by atoms with van der Waals surface area (Å²) in [6, 6.07) is 11.2. The SMILES string of the molecule is CCN(CC)C(=O)c1ccc(NC(=O)CCCc2ccc(Br)s2)cc1. The minimum Gasteiger partial charge on any atom is -0.339 e. The van der Waals surface area contributed by atoms with Crippen LogP contribution in [0, 0.1) is 0 Å². The first-order valence-corrected chi connectivity index (χ1v) is 10.1. The number of carbonyl (C=O) groups is 2. The van der Waals surface area contributed by atoms with Crippen LogP contribution in [-0.4, -0.2) is 29.8 Å². The molecule has 2 rings (SSSR count). The van der Waals surface area contributed by atoms with Gasteiger partial charge in [-0.05, 0) is 79.0 Å². The quantitative estimate of drug-likeness (QED) is 0.653. The van der Waals surface area contributed by atoms with Crippen LogP contribution in [0.4, 0.5) is 5.69 Å². The molecule has 6 heteroatoms. The summed E-state index contributed by atoms with van der Waals surface area (Å²) in [6.45, 7) is 5.30. The molecule has 0 radical (unpaired) electrons. The molecule has 0 aliphatic carbocycles. The molecule has 1 heterocycles. The fraction of sp³-hybridized carbons (Fsp3) is 0.368. The largest absolute Gasteiger partial charge is 0.339 e. The highest BCUT2D eigenvalue weighted by atomic mass is 79.9. The van der Waals surface area contributed by atoms with Crippen LogP contribution in [-0.2, 0) is 11.2 Å². The van der Waals surface area contributed by atoms with E-state index in [0.29, 0.717) is 25.1 Å². The lowest BCUT2D eigenvalue weighted by molar-refractivity contribution is -0.116. The van der Waals surface area contributed by atoms with Gasteiger partial charge in [-0.25, -0.2) is 0 Å². The van der Waals surface area contributed by atoms with E-state index >= 15 is 0 Å². The molecule has 0 saturated heterocycles. The highest BCUT2D eigenvalue weighted by molar-refractivity contribution is 9.11. The summed E-state index contributed by atoms with van der Waals surface area (Å²) in [6.07, 6.45) is 2.20. The van der Waals surface area contributed by atoms with Crippen LogP contribution in [0.2, 0.25) is 0 Å². The van der Waals surface area contributed by atoms with Crippen LogP contribution in [0.25, 0.3) is 0 Å². The summed E-state index contributed by atoms with van der Waals surface area (Å²) in [5, 5.41) is 2.89. The fourth-order valence-electron chi connectivity index (χ4n) is 2.52. The molecular formula is C19H23BrN2O2S. The summed E-state index contributed by atoms with van der Waals surface area (Å²) in [5.41, 5.74) is 1.37. The van der Waals surface area contributed by atoms with E-state index in [2.05, 4.69) is 27.3 Å². The first-order chi connectivity index (χ1) is 12.0. The minimum absolute atomic E-state index is 0.00144. The third kappa shape index (κ3) is 5.97. The Morgan fingerprint density at radius 1 is 1.08 bits per heavy atom. The van der Waals surface area contributed by atoms with Crippen molar-refractivity contribution in [1.82, 2.24) is 4.90 Å². The average molecular weight is 423 g/mol. The van der Waals surface area contributed by atoms with E-state index in [4.69, 9.17) is 0 Å². The Kier molecular flexibility index (Phi) is 7.65. The van der Waals surface area contributed by atoms with Gasteiger partial charge in [-0.3, -0.25) is 9.59 Å². The zero-order valence-electron chi connectivity index (χ0n) is 14.5. The lowest BCUT2D eigenvalue weighted by Gasteiger charge is -2.18. The molecule has 4 nitrogen and oxygen atoms in total. The molecule has 2 aromatic rings. The van der Waals surface area contributed by atoms with Crippen molar-refractivity contribution in [1.29, 1.82) is 0 Å². The molecule has 0 bridgehead atoms. The Balaban J connectivity index is 1.81. The Morgan fingerprint density at radius 3 is 2.32 bits per heavy atom. The summed E-state index contributed by atoms with van der Waals surface area (Å²) >= 11 is 5.15. The number of rotatable bonds is 8. The van der Waals surface area contributed by atoms with Crippen LogP contribution in [0.3, 0.4) is 0 Å². The van der Waals surface area contributed by atoms with Crippen LogP contribution in [0.15, 0.2) is 40.2 Å². The van der Waals surface area contributed by atoms with Crippen molar-refractivity contribution in [3.63, 3.8) is 0 Å². The molecule has 0 unspecified atom stereocenters. The molecule has 0 spiro atoms. The van der Waals surface area contributed by atoms with Crippen molar-refractivity contribution >= 4 is 44.8 Å². The van der Waals surface area contributed by atoms with Gasteiger partial charge in [0.25, 0.3) is 5.91 Å². The highest BCUT2D eigenvalue weighted by Gasteiger charge is 2.12. The molecule has 0 fully saturated rings. The zero-order valence-corrected chi connectivity index (χ0v) is 17.0. The Morgan fingerprint density at radius 2 is 1.76 bits per heavy atom. The average Bonchev–Trinajstić information content (AvgIpc) is 3.02. The van der Waals surface area contributed by atoms with Gasteiger partial charge in [-0.15, -0.1) is 11.3 Å². The van der Waals surface area contributed by atoms with Crippen LogP contribution < -0.4 is 5.32 Å². The fourth-order valence-corrected chi connectivity index (χ4v) is 4.05. The number of nitrogens with zero attached hydrogens (tertiary/aromatic N) is 1. The number of amides is 2. The predicted molar refractivity (Wildman–Crippen MR) is 107 cm³/mol. The van der Waals surface area contributed by atoms with Gasteiger partial charge in [0.2, 0.25) is 5.91 Å². The molecular weight excluding hydrogens is 400 g/mol. The zero-order chi connectivity index (χ0) is 18.2. The summed E-state index contributed by atoms with van der Waals surface area (Å²) < 4.78 is 1.12. The standard InChI is InChI=1S/C19H23BrN2O2S/c1-3-22(4-2)19(24)14-8-10-15(11-9-14)21-18(23)7-5-6-16-12-13-17(20)25-16/h8-13H,3-7H2,1-2H3,(H,21,23). The van der Waals surface area contributed by atoms with E-state index in [1.807, 2.05) is 19.9 Å². The molecule has 2 amide bonds. The van der Waals surface area contributed by atoms with Gasteiger partial charge in [-0.2, -0.15) is 0 Å². The molecule has 0 saturated carbocycles. The predicted octanol–water partition coefficient (Wildman–Crippen LogP) is 4.95. The Bertz CT molecular complexity index is 708. The Labute approximate surface area is 161 Å². The molecule has 134 valence electrons. The van der Waals surface area contributed by atoms with Gasteiger partial charge in [0.1, 0.15) is 0 Å². The van der Waals surface area contributed by atoms with E-state index in [1.165, 1.54) is 4.88 Å². The van der Waals surface area contributed by atoms with Gasteiger partial charge in [-0.1, -0.05) is 0 Å². The number of aryl methyl sites for hydroxylation is 1. The molecule has 1 aromatic carbocycles. The van der Waals surface area contributed by atoms with Crippen molar-refractivity contribution in [2.45, 2.75) is 33.1 Å². The van der Waals surface area contributed by atoms with Gasteiger partial charge >= 0.3 is 0 Å². The van der Waals surface area contributed by atoms with E-state index in [1.54, 1.807) is 40.5 Å². The molecule has 1 N–H and O–H groups in total. The van der Waals surface area contributed by atoms with Crippen molar-refractivity contribution in [2.75, 3.05) is 18.4 Å². The van der Waals surface area contributed by atoms with Crippen molar-refractivity contribution in [2.24, 2.45) is 0 Å². The maximum Gasteiger partial charge on any atom is 0.253 e. The van der Waals surface area contributed by atoms with E-state index in [9.17, 15) is 9.59 Å². The number of hydrogen-bond donors (Lipinski definition) is 1. The van der Waals surface area contributed by atoms with E-state index in [-0.39, 0.29) is 11.8 Å². The maximum absolute atomic E-state index is 12.3. The lowest BCUT2D eigenvalue weighted by Crippen LogP contribution is -2.30. The highest BCUT2D eigenvalue weighted by Crippen LogP contribution is 2.23. The maximum atomic E-state index is 12.3. The monoisotopic (exact) mass is 422 g/mol. The normalized spacial score (nSPS) is 10.5. The minimum atomic E-state index is -0.00144. The smallest absolute Gasteiger partial charge is 0.253 e. The summed E-state index contributed by atoms with van der Waals surface area (Å²) in [4.78, 5) is 27.3. The number of anilines is 1. The second-order valence-corrected chi connectivity index (χ2v) is 8.21. The summed E-state index contributed by atoms with van der Waals surface area (Å²) in [5.74, 6) is 0.0171. The van der Waals surface area contributed by atoms with Gasteiger partial charge in [0.05, 0.1) is 3.79 Å². The van der Waals surface area contributed by atoms with E-state index in [0.717, 1.165) is 22.3 Å². The van der Waals surface area contributed by atoms with Crippen molar-refractivity contribution < 1.29 is 9.59 Å². The first-order valence-electron chi connectivity index (χ1n) is 8.46. The number of thiophene rings is 1. The topological polar surface area (TPSA) is 49.4 Å². The lowest BCUT2D eigenvalue weighted by atomic mass is 10.1. The van der Waals surface area contributed by atoms with Gasteiger partial charge in [0, 0.05) is 35.6 Å². The second-order valence-electron chi connectivity index (χ2n) is 5.66. The third-order valence-corrected chi connectivity index (χ3v) is 5.61. The molecule has 0 aliphatic rings. The van der Waals surface area contributed by atoms with Crippen molar-refractivity contribution in [3.05, 3.63) is 50.6 Å². The number of hydrogen-bond acceptors (Lipinski definition) is 3. The molecule has 1 aromatic heterocycles. The van der Waals surface area contributed by atoms with Gasteiger partial charge < -0.3 is 10.2 Å². The molecule has 0 aliphatic heterocycles. The number of carbonyl (C=O) groups excluding carboxylic acids is 2. The van der Waals surface area contributed by atoms with Crippen molar-refractivity contribution in [3.8, 4) is 0 Å². The molecule has 25 heavy (non-hydrogen) atoms. The van der Waals surface area contributed by atoms with E-state index < -0.39 is 0 Å². The Hall–Kier alpha value is -1.66. The molecule has 0 atom stereocenters. The third-order valence-electron chi connectivity index (χ3n) is 3.92. The number of halogens is 1. The van der Waals surface area contributed by atoms with Crippen LogP contribution in [0.1, 0.15) is 41.9 Å². The first kappa shape index (κ1) is 19.7. The van der Waals surface area contributed by atoms with Gasteiger partial charge in [0.15, 0.2) is 0 Å². The number of nitrogens with one attached hydrogen (secondary N) is 1. The summed E-state index contributed by atoms with van der Waals surface area (Å²) in [7, 11) is 0. The van der Waals surface area contributed by atoms with Crippen LogP contribution >= 0.6 is 27.3 Å².